The van der Waals surface area contributed by atoms with Crippen LogP contribution >= 0.6 is 0 Å². The molecule has 144 valence electrons. The highest BCUT2D eigenvalue weighted by atomic mass is 19.1. The number of nitrogens with one attached hydrogen (secondary N) is 1. The van der Waals surface area contributed by atoms with E-state index < -0.39 is 17.6 Å². The molecule has 4 aromatic heterocycles. The molecule has 1 atom stereocenters. The van der Waals surface area contributed by atoms with Gasteiger partial charge >= 0.3 is 0 Å². The minimum Gasteiger partial charge on any atom is -0.368 e. The molecule has 0 fully saturated rings. The lowest BCUT2D eigenvalue weighted by atomic mass is 10.0. The molecule has 0 amide bonds. The molecule has 3 N–H and O–H groups in total. The van der Waals surface area contributed by atoms with Crippen molar-refractivity contribution in [2.75, 3.05) is 11.1 Å². The van der Waals surface area contributed by atoms with E-state index in [0.717, 1.165) is 12.3 Å². The predicted octanol–water partition coefficient (Wildman–Crippen LogP) is 2.25. The Bertz CT molecular complexity index is 1180. The van der Waals surface area contributed by atoms with Crippen LogP contribution in [0.5, 0.6) is 0 Å². The van der Waals surface area contributed by atoms with Gasteiger partial charge in [-0.05, 0) is 0 Å². The van der Waals surface area contributed by atoms with E-state index in [9.17, 15) is 8.78 Å². The molecule has 0 saturated carbocycles. The van der Waals surface area contributed by atoms with Crippen LogP contribution in [-0.4, -0.2) is 34.3 Å². The van der Waals surface area contributed by atoms with Gasteiger partial charge in [0, 0.05) is 32.3 Å². The number of imidazole rings is 1. The molecule has 0 bridgehead atoms. The van der Waals surface area contributed by atoms with Crippen LogP contribution in [0.3, 0.4) is 0 Å². The summed E-state index contributed by atoms with van der Waals surface area (Å²) in [6.45, 7) is 1.73. The van der Waals surface area contributed by atoms with E-state index >= 15 is 0 Å². The van der Waals surface area contributed by atoms with E-state index in [1.54, 1.807) is 31.1 Å². The van der Waals surface area contributed by atoms with Gasteiger partial charge in [0.2, 0.25) is 5.95 Å². The van der Waals surface area contributed by atoms with Crippen LogP contribution in [0.1, 0.15) is 24.2 Å². The highest BCUT2D eigenvalue weighted by molar-refractivity contribution is 5.92. The topological polar surface area (TPSA) is 112 Å². The monoisotopic (exact) mass is 385 g/mol. The SMILES string of the molecule is C[C@H](c1ncc(F)cc1F)c1nn(C)c2nc(N)nc(Nc3cn(C)cn3)c12. The lowest BCUT2D eigenvalue weighted by Gasteiger charge is -2.11. The fourth-order valence-electron chi connectivity index (χ4n) is 3.06. The van der Waals surface area contributed by atoms with Crippen LogP contribution < -0.4 is 11.1 Å². The number of anilines is 3. The van der Waals surface area contributed by atoms with Gasteiger partial charge in [-0.15, -0.1) is 0 Å². The van der Waals surface area contributed by atoms with Gasteiger partial charge in [0.05, 0.1) is 29.3 Å². The van der Waals surface area contributed by atoms with E-state index in [1.807, 2.05) is 7.05 Å². The van der Waals surface area contributed by atoms with Crippen molar-refractivity contribution >= 4 is 28.6 Å². The molecular weight excluding hydrogens is 368 g/mol. The first-order valence-electron chi connectivity index (χ1n) is 8.39. The Hall–Kier alpha value is -3.63. The highest BCUT2D eigenvalue weighted by Crippen LogP contribution is 2.34. The molecule has 4 rings (SSSR count). The number of nitrogen functional groups attached to an aromatic ring is 1. The summed E-state index contributed by atoms with van der Waals surface area (Å²) in [5.41, 5.74) is 6.87. The van der Waals surface area contributed by atoms with E-state index in [0.29, 0.717) is 28.4 Å². The first kappa shape index (κ1) is 17.8. The second-order valence-corrected chi connectivity index (χ2v) is 6.43. The number of hydrogen-bond donors (Lipinski definition) is 2. The lowest BCUT2D eigenvalue weighted by Crippen LogP contribution is -2.06. The van der Waals surface area contributed by atoms with Gasteiger partial charge in [-0.2, -0.15) is 15.1 Å². The first-order valence-corrected chi connectivity index (χ1v) is 8.39. The largest absolute Gasteiger partial charge is 0.368 e. The van der Waals surface area contributed by atoms with Crippen molar-refractivity contribution in [3.05, 3.63) is 47.8 Å². The number of halogens is 2. The molecule has 0 aliphatic heterocycles. The standard InChI is InChI=1S/C17H17F2N9/c1-8(13-10(19)4-9(18)5-21-13)14-12-15(23-11-6-27(2)7-22-11)24-17(20)25-16(12)28(3)26-14/h4-8H,1-3H3,(H3,20,23,24,25)/t8-/m1/s1. The predicted molar refractivity (Wildman–Crippen MR) is 98.9 cm³/mol. The van der Waals surface area contributed by atoms with Gasteiger partial charge in [0.15, 0.2) is 5.65 Å². The fourth-order valence-corrected chi connectivity index (χ4v) is 3.06. The second-order valence-electron chi connectivity index (χ2n) is 6.43. The number of fused-ring (bicyclic) bond motifs is 1. The number of aromatic nitrogens is 7. The van der Waals surface area contributed by atoms with Crippen LogP contribution in [0.25, 0.3) is 11.0 Å². The summed E-state index contributed by atoms with van der Waals surface area (Å²) in [4.78, 5) is 16.6. The Kier molecular flexibility index (Phi) is 4.13. The zero-order valence-electron chi connectivity index (χ0n) is 15.4. The molecule has 0 spiro atoms. The van der Waals surface area contributed by atoms with Crippen LogP contribution in [0.2, 0.25) is 0 Å². The van der Waals surface area contributed by atoms with Gasteiger partial charge in [-0.25, -0.2) is 18.4 Å². The van der Waals surface area contributed by atoms with Gasteiger partial charge in [0.1, 0.15) is 23.3 Å². The molecule has 4 heterocycles. The van der Waals surface area contributed by atoms with E-state index in [-0.39, 0.29) is 11.6 Å². The average Bonchev–Trinajstić information content (AvgIpc) is 3.18. The first-order chi connectivity index (χ1) is 13.3. The van der Waals surface area contributed by atoms with Crippen molar-refractivity contribution in [2.45, 2.75) is 12.8 Å². The summed E-state index contributed by atoms with van der Waals surface area (Å²) in [6, 6.07) is 0.797. The minimum atomic E-state index is -0.748. The van der Waals surface area contributed by atoms with E-state index in [4.69, 9.17) is 5.73 Å². The summed E-state index contributed by atoms with van der Waals surface area (Å²) in [5, 5.41) is 8.13. The van der Waals surface area contributed by atoms with Crippen molar-refractivity contribution in [2.24, 2.45) is 14.1 Å². The summed E-state index contributed by atoms with van der Waals surface area (Å²) in [6.07, 6.45) is 4.38. The fraction of sp³-hybridized carbons (Fsp3) is 0.235. The molecule has 0 aliphatic rings. The maximum atomic E-state index is 14.3. The Labute approximate surface area is 158 Å². The van der Waals surface area contributed by atoms with Crippen LogP contribution in [0.4, 0.5) is 26.4 Å². The summed E-state index contributed by atoms with van der Waals surface area (Å²) < 4.78 is 30.8. The molecule has 28 heavy (non-hydrogen) atoms. The zero-order valence-corrected chi connectivity index (χ0v) is 15.4. The quantitative estimate of drug-likeness (QED) is 0.554. The third-order valence-corrected chi connectivity index (χ3v) is 4.34. The molecule has 11 heteroatoms. The second kappa shape index (κ2) is 6.51. The Morgan fingerprint density at radius 2 is 1.93 bits per heavy atom. The average molecular weight is 385 g/mol. The number of rotatable bonds is 4. The van der Waals surface area contributed by atoms with Crippen LogP contribution in [-0.2, 0) is 14.1 Å². The van der Waals surface area contributed by atoms with Crippen molar-refractivity contribution in [1.82, 2.24) is 34.3 Å². The van der Waals surface area contributed by atoms with E-state index in [1.165, 1.54) is 4.68 Å². The molecule has 0 aromatic carbocycles. The van der Waals surface area contributed by atoms with E-state index in [2.05, 4.69) is 30.4 Å². The minimum absolute atomic E-state index is 0.0548. The van der Waals surface area contributed by atoms with Gasteiger partial charge in [0.25, 0.3) is 0 Å². The molecule has 4 aromatic rings. The van der Waals surface area contributed by atoms with Gasteiger partial charge < -0.3 is 15.6 Å². The number of nitrogens with two attached hydrogens (primary N) is 1. The molecule has 0 saturated heterocycles. The Morgan fingerprint density at radius 1 is 1.14 bits per heavy atom. The maximum Gasteiger partial charge on any atom is 0.224 e. The van der Waals surface area contributed by atoms with Gasteiger partial charge in [-0.1, -0.05) is 6.92 Å². The highest BCUT2D eigenvalue weighted by Gasteiger charge is 2.25. The molecular formula is C17H17F2N9. The molecule has 0 unspecified atom stereocenters. The van der Waals surface area contributed by atoms with Crippen molar-refractivity contribution < 1.29 is 8.78 Å². The number of nitrogens with zero attached hydrogens (tertiary/aromatic N) is 7. The van der Waals surface area contributed by atoms with Crippen molar-refractivity contribution in [3.8, 4) is 0 Å². The smallest absolute Gasteiger partial charge is 0.224 e. The lowest BCUT2D eigenvalue weighted by molar-refractivity contribution is 0.550. The number of hydrogen-bond acceptors (Lipinski definition) is 7. The normalized spacial score (nSPS) is 12.5. The maximum absolute atomic E-state index is 14.3. The van der Waals surface area contributed by atoms with Gasteiger partial charge in [-0.3, -0.25) is 4.98 Å². The zero-order chi connectivity index (χ0) is 20.0. The number of aryl methyl sites for hydroxylation is 2. The molecule has 0 radical (unpaired) electrons. The summed E-state index contributed by atoms with van der Waals surface area (Å²) in [7, 11) is 3.53. The third kappa shape index (κ3) is 3.00. The summed E-state index contributed by atoms with van der Waals surface area (Å²) in [5.74, 6) is -1.08. The Balaban J connectivity index is 1.89. The molecule has 9 nitrogen and oxygen atoms in total. The van der Waals surface area contributed by atoms with Crippen LogP contribution in [0, 0.1) is 11.6 Å². The number of pyridine rings is 1. The third-order valence-electron chi connectivity index (χ3n) is 4.34. The van der Waals surface area contributed by atoms with Crippen molar-refractivity contribution in [1.29, 1.82) is 0 Å². The molecule has 0 aliphatic carbocycles. The summed E-state index contributed by atoms with van der Waals surface area (Å²) >= 11 is 0. The Morgan fingerprint density at radius 3 is 2.61 bits per heavy atom. The van der Waals surface area contributed by atoms with Crippen LogP contribution in [0.15, 0.2) is 24.8 Å². The van der Waals surface area contributed by atoms with Crippen molar-refractivity contribution in [3.63, 3.8) is 0 Å².